The molecule has 0 unspecified atom stereocenters. The number of aromatic nitrogens is 3. The van der Waals surface area contributed by atoms with Gasteiger partial charge in [-0.2, -0.15) is 4.98 Å². The second kappa shape index (κ2) is 11.2. The number of ether oxygens (including phenoxy) is 1. The number of carbonyl (C=O) groups is 1. The number of benzene rings is 1. The largest absolute Gasteiger partial charge is 0.490 e. The predicted molar refractivity (Wildman–Crippen MR) is 127 cm³/mol. The number of amides is 1. The SMILES string of the molecule is Cc1cc(-c2nc(-c3cc(C)c(OC[C@H](O)CNC(=O)CO)c(C)c3)no2)cc(CC(C)C)n1. The molecule has 9 heteroatoms. The van der Waals surface area contributed by atoms with Crippen molar-refractivity contribution in [1.29, 1.82) is 0 Å². The molecule has 34 heavy (non-hydrogen) atoms. The summed E-state index contributed by atoms with van der Waals surface area (Å²) in [7, 11) is 0. The number of hydrogen-bond donors (Lipinski definition) is 3. The van der Waals surface area contributed by atoms with Gasteiger partial charge in [0.1, 0.15) is 25.1 Å². The van der Waals surface area contributed by atoms with Crippen LogP contribution in [0.25, 0.3) is 22.8 Å². The molecule has 3 aromatic rings. The number of pyridine rings is 1. The van der Waals surface area contributed by atoms with E-state index in [9.17, 15) is 9.90 Å². The molecule has 1 aromatic carbocycles. The Balaban J connectivity index is 1.75. The first-order valence-corrected chi connectivity index (χ1v) is 11.3. The number of aliphatic hydroxyl groups excluding tert-OH is 2. The zero-order valence-corrected chi connectivity index (χ0v) is 20.3. The zero-order valence-electron chi connectivity index (χ0n) is 20.3. The fourth-order valence-electron chi connectivity index (χ4n) is 3.67. The topological polar surface area (TPSA) is 131 Å². The summed E-state index contributed by atoms with van der Waals surface area (Å²) in [5.74, 6) is 1.50. The van der Waals surface area contributed by atoms with Crippen LogP contribution in [0.2, 0.25) is 0 Å². The molecule has 3 rings (SSSR count). The molecule has 3 N–H and O–H groups in total. The average molecular weight is 469 g/mol. The van der Waals surface area contributed by atoms with Crippen LogP contribution in [0.15, 0.2) is 28.8 Å². The van der Waals surface area contributed by atoms with Gasteiger partial charge < -0.3 is 24.8 Å². The number of nitrogens with one attached hydrogen (secondary N) is 1. The Labute approximate surface area is 199 Å². The maximum Gasteiger partial charge on any atom is 0.258 e. The summed E-state index contributed by atoms with van der Waals surface area (Å²) in [6.45, 7) is 9.44. The standard InChI is InChI=1S/C25H32N4O5/c1-14(2)6-20-10-19(9-17(5)27-20)25-28-24(29-34-25)18-7-15(3)23(16(4)8-18)33-13-21(31)11-26-22(32)12-30/h7-10,14,21,30-31H,6,11-13H2,1-5H3,(H,26,32)/t21-/m1/s1. The third-order valence-corrected chi connectivity index (χ3v) is 5.11. The van der Waals surface area contributed by atoms with Crippen LogP contribution < -0.4 is 10.1 Å². The molecule has 0 radical (unpaired) electrons. The Kier molecular flexibility index (Phi) is 8.36. The normalized spacial score (nSPS) is 12.1. The number of aryl methyl sites for hydroxylation is 3. The first-order chi connectivity index (χ1) is 16.2. The Hall–Kier alpha value is -3.30. The zero-order chi connectivity index (χ0) is 24.8. The molecule has 0 saturated carbocycles. The summed E-state index contributed by atoms with van der Waals surface area (Å²) >= 11 is 0. The van der Waals surface area contributed by atoms with Gasteiger partial charge in [0.05, 0.1) is 0 Å². The van der Waals surface area contributed by atoms with E-state index < -0.39 is 18.6 Å². The summed E-state index contributed by atoms with van der Waals surface area (Å²) in [5.41, 5.74) is 5.24. The van der Waals surface area contributed by atoms with E-state index in [0.717, 1.165) is 40.1 Å². The number of carbonyl (C=O) groups excluding carboxylic acids is 1. The van der Waals surface area contributed by atoms with Gasteiger partial charge in [0.15, 0.2) is 0 Å². The van der Waals surface area contributed by atoms with Crippen molar-refractivity contribution in [3.8, 4) is 28.6 Å². The molecule has 0 saturated heterocycles. The number of aliphatic hydroxyl groups is 2. The molecule has 0 aliphatic rings. The van der Waals surface area contributed by atoms with Gasteiger partial charge in [0.25, 0.3) is 5.89 Å². The van der Waals surface area contributed by atoms with Gasteiger partial charge in [-0.15, -0.1) is 0 Å². The monoisotopic (exact) mass is 468 g/mol. The van der Waals surface area contributed by atoms with Crippen molar-refractivity contribution in [3.05, 3.63) is 46.8 Å². The van der Waals surface area contributed by atoms with Crippen LogP contribution >= 0.6 is 0 Å². The summed E-state index contributed by atoms with van der Waals surface area (Å²) in [6, 6.07) is 7.73. The van der Waals surface area contributed by atoms with Crippen molar-refractivity contribution in [3.63, 3.8) is 0 Å². The van der Waals surface area contributed by atoms with Gasteiger partial charge in [0, 0.05) is 29.1 Å². The number of hydrogen-bond acceptors (Lipinski definition) is 8. The van der Waals surface area contributed by atoms with Gasteiger partial charge in [-0.05, 0) is 68.5 Å². The number of rotatable bonds is 10. The van der Waals surface area contributed by atoms with Crippen LogP contribution in [0.3, 0.4) is 0 Å². The van der Waals surface area contributed by atoms with E-state index in [1.807, 2.05) is 45.0 Å². The Morgan fingerprint density at radius 1 is 1.09 bits per heavy atom. The predicted octanol–water partition coefficient (Wildman–Crippen LogP) is 2.77. The smallest absolute Gasteiger partial charge is 0.258 e. The highest BCUT2D eigenvalue weighted by Crippen LogP contribution is 2.30. The second-order valence-corrected chi connectivity index (χ2v) is 8.88. The molecule has 1 amide bonds. The maximum atomic E-state index is 11.1. The summed E-state index contributed by atoms with van der Waals surface area (Å²) in [6.07, 6.45) is -0.0314. The van der Waals surface area contributed by atoms with E-state index >= 15 is 0 Å². The molecule has 0 fully saturated rings. The minimum absolute atomic E-state index is 0.000796. The summed E-state index contributed by atoms with van der Waals surface area (Å²) in [4.78, 5) is 20.3. The molecule has 0 aliphatic carbocycles. The van der Waals surface area contributed by atoms with E-state index in [4.69, 9.17) is 14.4 Å². The van der Waals surface area contributed by atoms with E-state index in [1.54, 1.807) is 0 Å². The van der Waals surface area contributed by atoms with Crippen LogP contribution in [0.1, 0.15) is 36.4 Å². The number of nitrogens with zero attached hydrogens (tertiary/aromatic N) is 3. The lowest BCUT2D eigenvalue weighted by Crippen LogP contribution is -2.36. The summed E-state index contributed by atoms with van der Waals surface area (Å²) in [5, 5.41) is 25.3. The van der Waals surface area contributed by atoms with Crippen molar-refractivity contribution in [2.45, 2.75) is 47.1 Å². The second-order valence-electron chi connectivity index (χ2n) is 8.88. The highest BCUT2D eigenvalue weighted by atomic mass is 16.5. The highest BCUT2D eigenvalue weighted by molar-refractivity contribution is 5.76. The Morgan fingerprint density at radius 3 is 2.44 bits per heavy atom. The van der Waals surface area contributed by atoms with Crippen LogP contribution in [-0.4, -0.2) is 57.1 Å². The first-order valence-electron chi connectivity index (χ1n) is 11.3. The van der Waals surface area contributed by atoms with Gasteiger partial charge in [0.2, 0.25) is 11.7 Å². The molecule has 2 aromatic heterocycles. The van der Waals surface area contributed by atoms with Crippen molar-refractivity contribution >= 4 is 5.91 Å². The lowest BCUT2D eigenvalue weighted by Gasteiger charge is -2.16. The summed E-state index contributed by atoms with van der Waals surface area (Å²) < 4.78 is 11.3. The van der Waals surface area contributed by atoms with Crippen LogP contribution in [0.4, 0.5) is 0 Å². The first kappa shape index (κ1) is 25.3. The van der Waals surface area contributed by atoms with Crippen LogP contribution in [0, 0.1) is 26.7 Å². The van der Waals surface area contributed by atoms with E-state index in [-0.39, 0.29) is 13.2 Å². The third-order valence-electron chi connectivity index (χ3n) is 5.11. The fraction of sp³-hybridized carbons (Fsp3) is 0.440. The average Bonchev–Trinajstić information content (AvgIpc) is 3.26. The van der Waals surface area contributed by atoms with E-state index in [2.05, 4.69) is 34.3 Å². The van der Waals surface area contributed by atoms with Gasteiger partial charge in [-0.3, -0.25) is 9.78 Å². The quantitative estimate of drug-likeness (QED) is 0.414. The van der Waals surface area contributed by atoms with Crippen molar-refractivity contribution < 1.29 is 24.3 Å². The third kappa shape index (κ3) is 6.61. The molecular weight excluding hydrogens is 436 g/mol. The molecular formula is C25H32N4O5. The molecule has 0 bridgehead atoms. The van der Waals surface area contributed by atoms with Gasteiger partial charge in [-0.1, -0.05) is 19.0 Å². The molecule has 9 nitrogen and oxygen atoms in total. The molecule has 1 atom stereocenters. The van der Waals surface area contributed by atoms with Crippen molar-refractivity contribution in [2.75, 3.05) is 19.8 Å². The minimum Gasteiger partial charge on any atom is -0.490 e. The molecule has 0 aliphatic heterocycles. The molecule has 182 valence electrons. The van der Waals surface area contributed by atoms with Crippen LogP contribution in [-0.2, 0) is 11.2 Å². The van der Waals surface area contributed by atoms with Crippen molar-refractivity contribution in [1.82, 2.24) is 20.4 Å². The maximum absolute atomic E-state index is 11.1. The van der Waals surface area contributed by atoms with E-state index in [1.165, 1.54) is 0 Å². The van der Waals surface area contributed by atoms with Gasteiger partial charge in [-0.25, -0.2) is 0 Å². The minimum atomic E-state index is -0.904. The fourth-order valence-corrected chi connectivity index (χ4v) is 3.67. The molecule has 0 spiro atoms. The van der Waals surface area contributed by atoms with E-state index in [0.29, 0.717) is 23.4 Å². The van der Waals surface area contributed by atoms with Gasteiger partial charge >= 0.3 is 0 Å². The Bertz CT molecular complexity index is 1120. The van der Waals surface area contributed by atoms with Crippen molar-refractivity contribution in [2.24, 2.45) is 5.92 Å². The lowest BCUT2D eigenvalue weighted by molar-refractivity contribution is -0.124. The lowest BCUT2D eigenvalue weighted by atomic mass is 10.0. The highest BCUT2D eigenvalue weighted by Gasteiger charge is 2.16. The Morgan fingerprint density at radius 2 is 1.79 bits per heavy atom. The molecule has 2 heterocycles. The van der Waals surface area contributed by atoms with Crippen LogP contribution in [0.5, 0.6) is 5.75 Å².